The molecule has 1 atom stereocenters. The van der Waals surface area contributed by atoms with E-state index < -0.39 is 0 Å². The van der Waals surface area contributed by atoms with Crippen molar-refractivity contribution in [2.75, 3.05) is 13.1 Å². The number of halogens is 1. The van der Waals surface area contributed by atoms with Gasteiger partial charge >= 0.3 is 6.03 Å². The van der Waals surface area contributed by atoms with Gasteiger partial charge in [-0.1, -0.05) is 18.2 Å². The Morgan fingerprint density at radius 1 is 1.29 bits per heavy atom. The van der Waals surface area contributed by atoms with Crippen LogP contribution in [0.1, 0.15) is 25.8 Å². The highest BCUT2D eigenvalue weighted by Crippen LogP contribution is 2.24. The summed E-state index contributed by atoms with van der Waals surface area (Å²) in [7, 11) is 0. The number of carbonyl (C=O) groups is 2. The summed E-state index contributed by atoms with van der Waals surface area (Å²) in [5, 5.41) is 5.36. The fraction of sp³-hybridized carbons (Fsp3) is 0.333. The normalized spacial score (nSPS) is 21.1. The predicted molar refractivity (Wildman–Crippen MR) is 89.4 cm³/mol. The molecular formula is C18H20FN3O2. The van der Waals surface area contributed by atoms with Gasteiger partial charge in [0, 0.05) is 18.8 Å². The van der Waals surface area contributed by atoms with Crippen molar-refractivity contribution in [3.63, 3.8) is 0 Å². The Hall–Kier alpha value is -2.63. The third-order valence-electron chi connectivity index (χ3n) is 4.43. The van der Waals surface area contributed by atoms with Gasteiger partial charge in [-0.25, -0.2) is 9.18 Å². The standard InChI is InChI=1S/C18H20FN3O2/c1-11-16(12(2)21-18(24)20-11)17(23)22-9-7-14(8-10-22)13-3-5-15(19)6-4-13/h3-7,11H,8-10H2,1-2H3,(H2,20,21,24). The maximum Gasteiger partial charge on any atom is 0.319 e. The van der Waals surface area contributed by atoms with E-state index in [1.807, 2.05) is 6.08 Å². The number of rotatable bonds is 2. The van der Waals surface area contributed by atoms with Crippen LogP contribution in [0.15, 0.2) is 41.6 Å². The summed E-state index contributed by atoms with van der Waals surface area (Å²) in [6.45, 7) is 4.65. The molecule has 1 aromatic rings. The molecule has 1 unspecified atom stereocenters. The summed E-state index contributed by atoms with van der Waals surface area (Å²) in [6, 6.07) is 5.81. The number of hydrogen-bond acceptors (Lipinski definition) is 2. The number of benzene rings is 1. The molecule has 2 aliphatic rings. The van der Waals surface area contributed by atoms with Gasteiger partial charge in [0.25, 0.3) is 5.91 Å². The second kappa shape index (κ2) is 6.47. The Morgan fingerprint density at radius 2 is 2.00 bits per heavy atom. The van der Waals surface area contributed by atoms with E-state index in [1.54, 1.807) is 30.9 Å². The minimum atomic E-state index is -0.311. The van der Waals surface area contributed by atoms with Gasteiger partial charge in [-0.3, -0.25) is 4.79 Å². The van der Waals surface area contributed by atoms with Crippen molar-refractivity contribution in [2.24, 2.45) is 0 Å². The molecule has 2 N–H and O–H groups in total. The number of hydrogen-bond donors (Lipinski definition) is 2. The maximum absolute atomic E-state index is 13.0. The molecule has 3 rings (SSSR count). The van der Waals surface area contributed by atoms with Crippen LogP contribution in [0.25, 0.3) is 5.57 Å². The minimum absolute atomic E-state index is 0.0677. The molecule has 0 radical (unpaired) electrons. The first-order chi connectivity index (χ1) is 11.5. The molecule has 3 amide bonds. The quantitative estimate of drug-likeness (QED) is 0.875. The van der Waals surface area contributed by atoms with Crippen molar-refractivity contribution in [3.05, 3.63) is 53.0 Å². The van der Waals surface area contributed by atoms with Gasteiger partial charge in [0.2, 0.25) is 0 Å². The van der Waals surface area contributed by atoms with E-state index in [0.29, 0.717) is 24.4 Å². The van der Waals surface area contributed by atoms with Crippen LogP contribution in [-0.2, 0) is 4.79 Å². The monoisotopic (exact) mass is 329 g/mol. The number of nitrogens with one attached hydrogen (secondary N) is 2. The summed E-state index contributed by atoms with van der Waals surface area (Å²) in [4.78, 5) is 26.0. The zero-order valence-electron chi connectivity index (χ0n) is 13.7. The maximum atomic E-state index is 13.0. The number of nitrogens with zero attached hydrogens (tertiary/aromatic N) is 1. The molecule has 0 fully saturated rings. The first kappa shape index (κ1) is 16.2. The fourth-order valence-electron chi connectivity index (χ4n) is 3.16. The van der Waals surface area contributed by atoms with Gasteiger partial charge in [0.1, 0.15) is 5.82 Å². The Kier molecular flexibility index (Phi) is 4.38. The van der Waals surface area contributed by atoms with Crippen molar-refractivity contribution >= 4 is 17.5 Å². The van der Waals surface area contributed by atoms with Crippen LogP contribution in [0.3, 0.4) is 0 Å². The lowest BCUT2D eigenvalue weighted by atomic mass is 9.97. The molecule has 1 aromatic carbocycles. The van der Waals surface area contributed by atoms with Crippen molar-refractivity contribution < 1.29 is 14.0 Å². The molecule has 0 saturated heterocycles. The Labute approximate surface area is 140 Å². The topological polar surface area (TPSA) is 61.4 Å². The van der Waals surface area contributed by atoms with Crippen molar-refractivity contribution in [1.29, 1.82) is 0 Å². The summed E-state index contributed by atoms with van der Waals surface area (Å²) in [5.41, 5.74) is 3.30. The van der Waals surface area contributed by atoms with E-state index in [0.717, 1.165) is 17.6 Å². The Bertz CT molecular complexity index is 737. The van der Waals surface area contributed by atoms with Crippen LogP contribution in [0.2, 0.25) is 0 Å². The molecule has 2 aliphatic heterocycles. The summed E-state index contributed by atoms with van der Waals surface area (Å²) < 4.78 is 13.0. The third kappa shape index (κ3) is 3.18. The first-order valence-corrected chi connectivity index (χ1v) is 7.98. The van der Waals surface area contributed by atoms with Gasteiger partial charge in [0.15, 0.2) is 0 Å². The number of allylic oxidation sites excluding steroid dienone is 1. The summed E-state index contributed by atoms with van der Waals surface area (Å²) >= 11 is 0. The Morgan fingerprint density at radius 3 is 2.58 bits per heavy atom. The van der Waals surface area contributed by atoms with E-state index in [9.17, 15) is 14.0 Å². The highest BCUT2D eigenvalue weighted by Gasteiger charge is 2.30. The van der Waals surface area contributed by atoms with E-state index >= 15 is 0 Å². The lowest BCUT2D eigenvalue weighted by Crippen LogP contribution is -2.51. The molecule has 0 aromatic heterocycles. The van der Waals surface area contributed by atoms with Gasteiger partial charge in [-0.2, -0.15) is 0 Å². The van der Waals surface area contributed by atoms with Crippen LogP contribution in [0, 0.1) is 5.82 Å². The second-order valence-corrected chi connectivity index (χ2v) is 6.10. The average Bonchev–Trinajstić information content (AvgIpc) is 2.54. The van der Waals surface area contributed by atoms with Crippen LogP contribution < -0.4 is 10.6 Å². The molecule has 0 saturated carbocycles. The third-order valence-corrected chi connectivity index (χ3v) is 4.43. The van der Waals surface area contributed by atoms with Crippen molar-refractivity contribution in [3.8, 4) is 0 Å². The molecule has 24 heavy (non-hydrogen) atoms. The SMILES string of the molecule is CC1=C(C(=O)N2CC=C(c3ccc(F)cc3)CC2)C(C)NC(=O)N1. The molecule has 2 heterocycles. The smallest absolute Gasteiger partial charge is 0.319 e. The van der Waals surface area contributed by atoms with Gasteiger partial charge in [0.05, 0.1) is 11.6 Å². The summed E-state index contributed by atoms with van der Waals surface area (Å²) in [5.74, 6) is -0.322. The van der Waals surface area contributed by atoms with Gasteiger partial charge < -0.3 is 15.5 Å². The highest BCUT2D eigenvalue weighted by atomic mass is 19.1. The van der Waals surface area contributed by atoms with E-state index in [-0.39, 0.29) is 23.8 Å². The lowest BCUT2D eigenvalue weighted by Gasteiger charge is -2.32. The van der Waals surface area contributed by atoms with E-state index in [1.165, 1.54) is 12.1 Å². The highest BCUT2D eigenvalue weighted by molar-refractivity contribution is 5.98. The average molecular weight is 329 g/mol. The largest absolute Gasteiger partial charge is 0.335 e. The Balaban J connectivity index is 1.74. The molecule has 5 nitrogen and oxygen atoms in total. The van der Waals surface area contributed by atoms with Gasteiger partial charge in [-0.05, 0) is 43.5 Å². The zero-order valence-corrected chi connectivity index (χ0v) is 13.7. The zero-order chi connectivity index (χ0) is 17.3. The molecular weight excluding hydrogens is 309 g/mol. The molecule has 0 aliphatic carbocycles. The molecule has 0 bridgehead atoms. The minimum Gasteiger partial charge on any atom is -0.335 e. The second-order valence-electron chi connectivity index (χ2n) is 6.10. The van der Waals surface area contributed by atoms with Crippen molar-refractivity contribution in [2.45, 2.75) is 26.3 Å². The summed E-state index contributed by atoms with van der Waals surface area (Å²) in [6.07, 6.45) is 2.72. The van der Waals surface area contributed by atoms with E-state index in [4.69, 9.17) is 0 Å². The number of urea groups is 1. The van der Waals surface area contributed by atoms with E-state index in [2.05, 4.69) is 10.6 Å². The van der Waals surface area contributed by atoms with Crippen LogP contribution >= 0.6 is 0 Å². The van der Waals surface area contributed by atoms with Crippen LogP contribution in [0.4, 0.5) is 9.18 Å². The molecule has 126 valence electrons. The van der Waals surface area contributed by atoms with Crippen molar-refractivity contribution in [1.82, 2.24) is 15.5 Å². The van der Waals surface area contributed by atoms with Crippen LogP contribution in [0.5, 0.6) is 0 Å². The first-order valence-electron chi connectivity index (χ1n) is 7.98. The molecule has 0 spiro atoms. The molecule has 6 heteroatoms. The fourth-order valence-corrected chi connectivity index (χ4v) is 3.16. The van der Waals surface area contributed by atoms with Gasteiger partial charge in [-0.15, -0.1) is 0 Å². The lowest BCUT2D eigenvalue weighted by molar-refractivity contribution is -0.127. The predicted octanol–water partition coefficient (Wildman–Crippen LogP) is 2.42. The number of carbonyl (C=O) groups excluding carboxylic acids is 2. The van der Waals surface area contributed by atoms with Crippen LogP contribution in [-0.4, -0.2) is 36.0 Å². The number of amides is 3.